The first-order valence-electron chi connectivity index (χ1n) is 7.69. The van der Waals surface area contributed by atoms with E-state index in [4.69, 9.17) is 0 Å². The van der Waals surface area contributed by atoms with Crippen molar-refractivity contribution in [1.82, 2.24) is 20.9 Å². The van der Waals surface area contributed by atoms with Gasteiger partial charge < -0.3 is 33.5 Å². The topological polar surface area (TPSA) is 80.0 Å². The third-order valence-electron chi connectivity index (χ3n) is 1.59. The number of azo groups is 2. The van der Waals surface area contributed by atoms with Crippen LogP contribution in [0.3, 0.4) is 0 Å². The van der Waals surface area contributed by atoms with Crippen LogP contribution in [0.4, 0.5) is 0 Å². The predicted octanol–water partition coefficient (Wildman–Crippen LogP) is 3.15. The maximum atomic E-state index is 3.98. The second-order valence-corrected chi connectivity index (χ2v) is 7.34. The van der Waals surface area contributed by atoms with E-state index in [0.717, 1.165) is 0 Å². The van der Waals surface area contributed by atoms with E-state index in [0.29, 0.717) is 0 Å². The molecule has 0 radical (unpaired) electrons. The SMILES string of the molecule is CN(C)NC=[C-]N=NC(C)(C)C.CN(C)NC=[C-]N=NC(C)(C)C.[Ni+2]. The first-order valence-corrected chi connectivity index (χ1v) is 7.69. The molecule has 0 unspecified atom stereocenters. The van der Waals surface area contributed by atoms with Gasteiger partial charge in [0.25, 0.3) is 0 Å². The summed E-state index contributed by atoms with van der Waals surface area (Å²) in [5.74, 6) is 0. The third-order valence-corrected chi connectivity index (χ3v) is 1.59. The zero-order chi connectivity index (χ0) is 19.2. The number of rotatable bonds is 6. The Balaban J connectivity index is -0.000000372. The third kappa shape index (κ3) is 34.9. The molecule has 0 aromatic rings. The Hall–Kier alpha value is -1.31. The van der Waals surface area contributed by atoms with E-state index in [1.165, 1.54) is 0 Å². The molecule has 0 aliphatic carbocycles. The number of nitrogens with one attached hydrogen (secondary N) is 2. The van der Waals surface area contributed by atoms with Gasteiger partial charge in [-0.05, 0) is 41.5 Å². The van der Waals surface area contributed by atoms with Crippen LogP contribution >= 0.6 is 0 Å². The summed E-state index contributed by atoms with van der Waals surface area (Å²) in [6.45, 7) is 11.9. The number of hydrazine groups is 2. The van der Waals surface area contributed by atoms with Crippen molar-refractivity contribution in [3.8, 4) is 0 Å². The summed E-state index contributed by atoms with van der Waals surface area (Å²) in [5.41, 5.74) is 5.50. The van der Waals surface area contributed by atoms with Crippen LogP contribution in [0, 0.1) is 12.4 Å². The minimum Gasteiger partial charge on any atom is -0.375 e. The molecule has 0 aromatic heterocycles. The van der Waals surface area contributed by atoms with Gasteiger partial charge in [0.15, 0.2) is 0 Å². The molecule has 0 fully saturated rings. The summed E-state index contributed by atoms with van der Waals surface area (Å²) in [4.78, 5) is 0. The van der Waals surface area contributed by atoms with Gasteiger partial charge in [-0.3, -0.25) is 0 Å². The standard InChI is InChI=1S/2C8H17N4.Ni/c2*1-8(2,3)11-9-6-7-10-12(4)5;/h2*7,10H,1-5H3;/q2*-1;+2. The van der Waals surface area contributed by atoms with Crippen molar-refractivity contribution >= 4 is 0 Å². The second-order valence-electron chi connectivity index (χ2n) is 7.34. The molecule has 0 aliphatic heterocycles. The number of hydrogen-bond donors (Lipinski definition) is 2. The molecule has 0 aliphatic rings. The maximum absolute atomic E-state index is 3.98. The van der Waals surface area contributed by atoms with Gasteiger partial charge in [0.05, 0.1) is 11.1 Å². The van der Waals surface area contributed by atoms with Gasteiger partial charge in [0.1, 0.15) is 0 Å². The zero-order valence-corrected chi connectivity index (χ0v) is 18.1. The summed E-state index contributed by atoms with van der Waals surface area (Å²) in [5, 5.41) is 19.0. The molecule has 2 N–H and O–H groups in total. The van der Waals surface area contributed by atoms with E-state index < -0.39 is 0 Å². The molecule has 0 aromatic carbocycles. The largest absolute Gasteiger partial charge is 2.00 e. The van der Waals surface area contributed by atoms with Crippen molar-refractivity contribution in [3.05, 3.63) is 24.8 Å². The van der Waals surface area contributed by atoms with Gasteiger partial charge in [-0.2, -0.15) is 0 Å². The quantitative estimate of drug-likeness (QED) is 0.312. The average Bonchev–Trinajstić information content (AvgIpc) is 2.35. The van der Waals surface area contributed by atoms with Crippen LogP contribution in [0.25, 0.3) is 0 Å². The molecule has 25 heavy (non-hydrogen) atoms. The molecule has 0 atom stereocenters. The van der Waals surface area contributed by atoms with Crippen LogP contribution in [0.2, 0.25) is 0 Å². The molecular weight excluding hydrogens is 363 g/mol. The fourth-order valence-electron chi connectivity index (χ4n) is 0.731. The molecule has 0 rings (SSSR count). The summed E-state index contributed by atoms with van der Waals surface area (Å²) in [6.07, 6.45) is 8.52. The van der Waals surface area contributed by atoms with E-state index in [-0.39, 0.29) is 27.6 Å². The predicted molar refractivity (Wildman–Crippen MR) is 98.5 cm³/mol. The summed E-state index contributed by atoms with van der Waals surface area (Å²) in [6, 6.07) is 0. The molecule has 9 heteroatoms. The van der Waals surface area contributed by atoms with Crippen molar-refractivity contribution in [3.63, 3.8) is 0 Å². The van der Waals surface area contributed by atoms with Crippen molar-refractivity contribution in [2.45, 2.75) is 52.6 Å². The summed E-state index contributed by atoms with van der Waals surface area (Å²) in [7, 11) is 7.55. The molecule has 0 saturated carbocycles. The zero-order valence-electron chi connectivity index (χ0n) is 17.2. The molecule has 0 amide bonds. The molecule has 8 nitrogen and oxygen atoms in total. The van der Waals surface area contributed by atoms with Gasteiger partial charge in [-0.25, -0.2) is 20.2 Å². The van der Waals surface area contributed by atoms with Crippen LogP contribution in [0.5, 0.6) is 0 Å². The van der Waals surface area contributed by atoms with Crippen LogP contribution in [0.15, 0.2) is 32.9 Å². The van der Waals surface area contributed by atoms with E-state index in [9.17, 15) is 0 Å². The Morgan fingerprint density at radius 1 is 0.680 bits per heavy atom. The molecule has 0 bridgehead atoms. The van der Waals surface area contributed by atoms with Crippen molar-refractivity contribution in [2.24, 2.45) is 20.5 Å². The first kappa shape index (κ1) is 28.5. The van der Waals surface area contributed by atoms with Crippen LogP contribution in [0.1, 0.15) is 41.5 Å². The Kier molecular flexibility index (Phi) is 17.1. The fraction of sp³-hybridized carbons (Fsp3) is 0.750. The van der Waals surface area contributed by atoms with E-state index in [2.05, 4.69) is 43.7 Å². The van der Waals surface area contributed by atoms with E-state index in [1.807, 2.05) is 69.7 Å². The van der Waals surface area contributed by atoms with Crippen molar-refractivity contribution in [1.29, 1.82) is 0 Å². The van der Waals surface area contributed by atoms with Crippen molar-refractivity contribution < 1.29 is 16.5 Å². The van der Waals surface area contributed by atoms with Gasteiger partial charge >= 0.3 is 16.5 Å². The molecule has 0 heterocycles. The Morgan fingerprint density at radius 2 is 0.960 bits per heavy atom. The fourth-order valence-corrected chi connectivity index (χ4v) is 0.731. The van der Waals surface area contributed by atoms with Crippen LogP contribution in [-0.4, -0.2) is 49.3 Å². The summed E-state index contributed by atoms with van der Waals surface area (Å²) >= 11 is 0. The normalized spacial score (nSPS) is 13.0. The van der Waals surface area contributed by atoms with E-state index in [1.54, 1.807) is 22.4 Å². The smallest absolute Gasteiger partial charge is 0.375 e. The Labute approximate surface area is 163 Å². The monoisotopic (exact) mass is 396 g/mol. The van der Waals surface area contributed by atoms with Gasteiger partial charge in [-0.15, -0.1) is 12.4 Å². The second kappa shape index (κ2) is 15.0. The molecule has 0 saturated heterocycles. The molecular formula is C16H34N8Ni. The minimum absolute atomic E-state index is 0. The maximum Gasteiger partial charge on any atom is 2.00 e. The van der Waals surface area contributed by atoms with E-state index >= 15 is 0 Å². The minimum atomic E-state index is -0.126. The number of nitrogens with zero attached hydrogens (tertiary/aromatic N) is 6. The Morgan fingerprint density at radius 3 is 1.16 bits per heavy atom. The average molecular weight is 397 g/mol. The van der Waals surface area contributed by atoms with Gasteiger partial charge in [0, 0.05) is 28.2 Å². The van der Waals surface area contributed by atoms with Gasteiger partial charge in [-0.1, -0.05) is 0 Å². The molecule has 148 valence electrons. The molecule has 0 spiro atoms. The van der Waals surface area contributed by atoms with Gasteiger partial charge in [0.2, 0.25) is 0 Å². The summed E-state index contributed by atoms with van der Waals surface area (Å²) < 4.78 is 0. The number of hydrogen-bond acceptors (Lipinski definition) is 8. The van der Waals surface area contributed by atoms with Crippen LogP contribution < -0.4 is 10.9 Å². The Bertz CT molecular complexity index is 375. The van der Waals surface area contributed by atoms with Crippen LogP contribution in [-0.2, 0) is 16.5 Å². The van der Waals surface area contributed by atoms with Crippen molar-refractivity contribution in [2.75, 3.05) is 28.2 Å². The first-order chi connectivity index (χ1) is 10.8.